The SMILES string of the molecule is CCOc1ccc(C(=O)CSc2nnc(-c3nn(Cc4ccccc4)c(=O)c4ccccc34)o2)cc1. The van der Waals surface area contributed by atoms with Crippen LogP contribution in [0.5, 0.6) is 5.75 Å². The van der Waals surface area contributed by atoms with Crippen molar-refractivity contribution < 1.29 is 13.9 Å². The van der Waals surface area contributed by atoms with Crippen molar-refractivity contribution in [1.29, 1.82) is 0 Å². The van der Waals surface area contributed by atoms with Crippen LogP contribution in [-0.2, 0) is 6.54 Å². The molecule has 0 spiro atoms. The molecule has 9 heteroatoms. The van der Waals surface area contributed by atoms with E-state index in [-0.39, 0.29) is 28.2 Å². The van der Waals surface area contributed by atoms with E-state index >= 15 is 0 Å². The van der Waals surface area contributed by atoms with Crippen molar-refractivity contribution in [2.45, 2.75) is 18.7 Å². The molecular weight excluding hydrogens is 476 g/mol. The number of ether oxygens (including phenoxy) is 1. The second-order valence-electron chi connectivity index (χ2n) is 7.88. The summed E-state index contributed by atoms with van der Waals surface area (Å²) in [6.07, 6.45) is 0. The van der Waals surface area contributed by atoms with Crippen LogP contribution in [0.15, 0.2) is 93.3 Å². The van der Waals surface area contributed by atoms with Gasteiger partial charge in [-0.1, -0.05) is 60.3 Å². The molecule has 0 bridgehead atoms. The Morgan fingerprint density at radius 1 is 0.944 bits per heavy atom. The quantitative estimate of drug-likeness (QED) is 0.210. The molecule has 3 aromatic carbocycles. The fourth-order valence-corrected chi connectivity index (χ4v) is 4.39. The summed E-state index contributed by atoms with van der Waals surface area (Å²) < 4.78 is 12.7. The number of ketones is 1. The summed E-state index contributed by atoms with van der Waals surface area (Å²) in [5.74, 6) is 0.973. The molecule has 0 fully saturated rings. The molecule has 0 atom stereocenters. The lowest BCUT2D eigenvalue weighted by molar-refractivity contribution is 0.102. The third-order valence-corrected chi connectivity index (χ3v) is 6.28. The average Bonchev–Trinajstić information content (AvgIpc) is 3.39. The predicted octanol–water partition coefficient (Wildman–Crippen LogP) is 4.87. The predicted molar refractivity (Wildman–Crippen MR) is 138 cm³/mol. The third-order valence-electron chi connectivity index (χ3n) is 5.47. The van der Waals surface area contributed by atoms with Gasteiger partial charge >= 0.3 is 0 Å². The molecule has 0 saturated carbocycles. The third kappa shape index (κ3) is 5.06. The number of nitrogens with zero attached hydrogens (tertiary/aromatic N) is 4. The van der Waals surface area contributed by atoms with Gasteiger partial charge in [-0.2, -0.15) is 5.10 Å². The number of Topliss-reactive ketones (excluding diaryl/α,β-unsaturated/α-hetero) is 1. The first-order valence-electron chi connectivity index (χ1n) is 11.4. The standard InChI is InChI=1S/C27H22N4O4S/c1-2-34-20-14-12-19(13-15-20)23(32)17-36-27-29-28-25(35-27)24-21-10-6-7-11-22(21)26(33)31(30-24)16-18-8-4-3-5-9-18/h3-15H,2,16-17H2,1H3. The highest BCUT2D eigenvalue weighted by Gasteiger charge is 2.18. The van der Waals surface area contributed by atoms with Crippen LogP contribution in [0.1, 0.15) is 22.8 Å². The zero-order valence-corrected chi connectivity index (χ0v) is 20.3. The Morgan fingerprint density at radius 2 is 1.67 bits per heavy atom. The van der Waals surface area contributed by atoms with Gasteiger partial charge in [0.25, 0.3) is 16.7 Å². The van der Waals surface area contributed by atoms with Crippen molar-refractivity contribution in [3.05, 3.63) is 100 Å². The second-order valence-corrected chi connectivity index (χ2v) is 8.81. The number of rotatable bonds is 9. The monoisotopic (exact) mass is 498 g/mol. The highest BCUT2D eigenvalue weighted by Crippen LogP contribution is 2.27. The molecule has 0 aliphatic carbocycles. The van der Waals surface area contributed by atoms with E-state index in [1.807, 2.05) is 49.4 Å². The molecule has 5 aromatic rings. The fourth-order valence-electron chi connectivity index (χ4n) is 3.73. The number of aromatic nitrogens is 4. The van der Waals surface area contributed by atoms with Crippen molar-refractivity contribution in [2.24, 2.45) is 0 Å². The Hall–Kier alpha value is -4.24. The lowest BCUT2D eigenvalue weighted by Crippen LogP contribution is -2.24. The Balaban J connectivity index is 1.38. The second kappa shape index (κ2) is 10.6. The highest BCUT2D eigenvalue weighted by atomic mass is 32.2. The topological polar surface area (TPSA) is 100 Å². The van der Waals surface area contributed by atoms with Crippen molar-refractivity contribution >= 4 is 28.3 Å². The van der Waals surface area contributed by atoms with Gasteiger partial charge in [0.1, 0.15) is 5.75 Å². The van der Waals surface area contributed by atoms with E-state index in [0.29, 0.717) is 35.2 Å². The summed E-state index contributed by atoms with van der Waals surface area (Å²) >= 11 is 1.15. The van der Waals surface area contributed by atoms with Gasteiger partial charge in [0, 0.05) is 10.9 Å². The maximum Gasteiger partial charge on any atom is 0.277 e. The maximum atomic E-state index is 13.1. The number of hydrogen-bond donors (Lipinski definition) is 0. The minimum Gasteiger partial charge on any atom is -0.494 e. The van der Waals surface area contributed by atoms with Crippen LogP contribution in [0.4, 0.5) is 0 Å². The Morgan fingerprint density at radius 3 is 2.42 bits per heavy atom. The number of hydrogen-bond acceptors (Lipinski definition) is 8. The van der Waals surface area contributed by atoms with Gasteiger partial charge in [-0.3, -0.25) is 9.59 Å². The van der Waals surface area contributed by atoms with Crippen LogP contribution >= 0.6 is 11.8 Å². The summed E-state index contributed by atoms with van der Waals surface area (Å²) in [4.78, 5) is 25.7. The first-order chi connectivity index (χ1) is 17.6. The highest BCUT2D eigenvalue weighted by molar-refractivity contribution is 7.99. The maximum absolute atomic E-state index is 13.1. The van der Waals surface area contributed by atoms with Gasteiger partial charge in [-0.15, -0.1) is 10.2 Å². The van der Waals surface area contributed by atoms with E-state index in [9.17, 15) is 9.59 Å². The minimum atomic E-state index is -0.201. The molecule has 0 amide bonds. The van der Waals surface area contributed by atoms with Gasteiger partial charge in [0.2, 0.25) is 0 Å². The molecule has 0 saturated heterocycles. The van der Waals surface area contributed by atoms with Crippen LogP contribution in [0, 0.1) is 0 Å². The Bertz CT molecular complexity index is 1560. The number of carbonyl (C=O) groups excluding carboxylic acids is 1. The number of benzene rings is 3. The molecule has 0 aliphatic heterocycles. The molecule has 2 aromatic heterocycles. The van der Waals surface area contributed by atoms with Gasteiger partial charge in [-0.25, -0.2) is 4.68 Å². The van der Waals surface area contributed by atoms with E-state index in [0.717, 1.165) is 23.1 Å². The number of thioether (sulfide) groups is 1. The Labute approximate surface area is 210 Å². The zero-order valence-electron chi connectivity index (χ0n) is 19.5. The van der Waals surface area contributed by atoms with Gasteiger partial charge in [0.05, 0.1) is 24.3 Å². The van der Waals surface area contributed by atoms with Crippen LogP contribution in [-0.4, -0.2) is 38.1 Å². The summed E-state index contributed by atoms with van der Waals surface area (Å²) in [5, 5.41) is 14.2. The molecule has 0 unspecified atom stereocenters. The molecule has 5 rings (SSSR count). The van der Waals surface area contributed by atoms with Crippen molar-refractivity contribution in [3.8, 4) is 17.3 Å². The van der Waals surface area contributed by atoms with Crippen LogP contribution < -0.4 is 10.3 Å². The van der Waals surface area contributed by atoms with E-state index in [1.54, 1.807) is 36.4 Å². The van der Waals surface area contributed by atoms with E-state index in [4.69, 9.17) is 9.15 Å². The molecule has 8 nitrogen and oxygen atoms in total. The first-order valence-corrected chi connectivity index (χ1v) is 12.4. The molecule has 36 heavy (non-hydrogen) atoms. The van der Waals surface area contributed by atoms with E-state index < -0.39 is 0 Å². The van der Waals surface area contributed by atoms with Gasteiger partial charge in [-0.05, 0) is 42.8 Å². The van der Waals surface area contributed by atoms with E-state index in [1.165, 1.54) is 4.68 Å². The largest absolute Gasteiger partial charge is 0.494 e. The van der Waals surface area contributed by atoms with Gasteiger partial charge in [0.15, 0.2) is 11.5 Å². The smallest absolute Gasteiger partial charge is 0.277 e. The number of carbonyl (C=O) groups is 1. The lowest BCUT2D eigenvalue weighted by atomic mass is 10.1. The minimum absolute atomic E-state index is 0.0669. The summed E-state index contributed by atoms with van der Waals surface area (Å²) in [5.41, 5.74) is 1.74. The first kappa shape index (κ1) is 23.5. The molecule has 0 aliphatic rings. The van der Waals surface area contributed by atoms with Crippen LogP contribution in [0.25, 0.3) is 22.4 Å². The zero-order chi connectivity index (χ0) is 24.9. The van der Waals surface area contributed by atoms with Crippen LogP contribution in [0.2, 0.25) is 0 Å². The molecule has 0 radical (unpaired) electrons. The summed E-state index contributed by atoms with van der Waals surface area (Å²) in [6.45, 7) is 2.78. The fraction of sp³-hybridized carbons (Fsp3) is 0.148. The van der Waals surface area contributed by atoms with Crippen LogP contribution in [0.3, 0.4) is 0 Å². The average molecular weight is 499 g/mol. The molecule has 180 valence electrons. The Kier molecular flexibility index (Phi) is 6.90. The molecule has 0 N–H and O–H groups in total. The normalized spacial score (nSPS) is 11.0. The lowest BCUT2D eigenvalue weighted by Gasteiger charge is -2.09. The summed E-state index contributed by atoms with van der Waals surface area (Å²) in [7, 11) is 0. The molecular formula is C27H22N4O4S. The van der Waals surface area contributed by atoms with E-state index in [2.05, 4.69) is 15.3 Å². The van der Waals surface area contributed by atoms with Crippen molar-refractivity contribution in [2.75, 3.05) is 12.4 Å². The number of fused-ring (bicyclic) bond motifs is 1. The molecule has 2 heterocycles. The van der Waals surface area contributed by atoms with Gasteiger partial charge < -0.3 is 9.15 Å². The van der Waals surface area contributed by atoms with Crippen molar-refractivity contribution in [1.82, 2.24) is 20.0 Å². The van der Waals surface area contributed by atoms with Crippen molar-refractivity contribution in [3.63, 3.8) is 0 Å². The summed E-state index contributed by atoms with van der Waals surface area (Å²) in [6, 6.07) is 23.8.